The zero-order valence-corrected chi connectivity index (χ0v) is 16.9. The van der Waals surface area contributed by atoms with Crippen molar-refractivity contribution >= 4 is 29.7 Å². The van der Waals surface area contributed by atoms with E-state index in [9.17, 15) is 24.0 Å². The molecule has 0 saturated carbocycles. The molecular weight excluding hydrogens is 394 g/mol. The van der Waals surface area contributed by atoms with Crippen molar-refractivity contribution in [2.24, 2.45) is 0 Å². The number of ether oxygens (including phenoxy) is 2. The minimum Gasteiger partial charge on any atom is -0.492 e. The van der Waals surface area contributed by atoms with Gasteiger partial charge in [0.15, 0.2) is 0 Å². The van der Waals surface area contributed by atoms with Gasteiger partial charge >= 0.3 is 6.09 Å². The van der Waals surface area contributed by atoms with Crippen molar-refractivity contribution in [1.29, 1.82) is 0 Å². The first-order valence-electron chi connectivity index (χ1n) is 9.52. The van der Waals surface area contributed by atoms with Gasteiger partial charge in [-0.25, -0.2) is 4.79 Å². The molecule has 3 rings (SSSR count). The van der Waals surface area contributed by atoms with E-state index in [0.29, 0.717) is 5.75 Å². The van der Waals surface area contributed by atoms with Crippen LogP contribution in [0, 0.1) is 0 Å². The lowest BCUT2D eigenvalue weighted by Gasteiger charge is -2.27. The van der Waals surface area contributed by atoms with Crippen molar-refractivity contribution in [2.75, 3.05) is 13.2 Å². The highest BCUT2D eigenvalue weighted by Crippen LogP contribution is 2.30. The van der Waals surface area contributed by atoms with Gasteiger partial charge in [0.25, 0.3) is 11.8 Å². The van der Waals surface area contributed by atoms with Crippen molar-refractivity contribution in [3.63, 3.8) is 0 Å². The van der Waals surface area contributed by atoms with E-state index in [1.165, 1.54) is 18.2 Å². The Labute approximate surface area is 172 Å². The molecule has 1 aromatic rings. The third-order valence-corrected chi connectivity index (χ3v) is 4.45. The number of alkyl carbamates (subject to hydrolysis) is 1. The van der Waals surface area contributed by atoms with Crippen LogP contribution in [0.3, 0.4) is 0 Å². The summed E-state index contributed by atoms with van der Waals surface area (Å²) in [5.41, 5.74) is -0.308. The van der Waals surface area contributed by atoms with Crippen molar-refractivity contribution in [1.82, 2.24) is 15.5 Å². The Bertz CT molecular complexity index is 919. The molecule has 160 valence electrons. The van der Waals surface area contributed by atoms with E-state index >= 15 is 0 Å². The maximum atomic E-state index is 12.7. The molecular formula is C20H23N3O7. The summed E-state index contributed by atoms with van der Waals surface area (Å²) in [6.07, 6.45) is -0.417. The summed E-state index contributed by atoms with van der Waals surface area (Å²) >= 11 is 0. The minimum absolute atomic E-state index is 0.0584. The van der Waals surface area contributed by atoms with Gasteiger partial charge in [-0.05, 0) is 45.4 Å². The first-order chi connectivity index (χ1) is 14.1. The molecule has 1 aromatic carbocycles. The highest BCUT2D eigenvalue weighted by atomic mass is 16.6. The number of hydrogen-bond donors (Lipinski definition) is 2. The number of carbonyl (C=O) groups is 5. The van der Waals surface area contributed by atoms with Crippen molar-refractivity contribution in [3.05, 3.63) is 29.3 Å². The number of carbonyl (C=O) groups excluding carboxylic acids is 5. The lowest BCUT2D eigenvalue weighted by molar-refractivity contribution is -0.136. The monoisotopic (exact) mass is 417 g/mol. The summed E-state index contributed by atoms with van der Waals surface area (Å²) in [7, 11) is 0. The second-order valence-electron chi connectivity index (χ2n) is 7.93. The third-order valence-electron chi connectivity index (χ3n) is 4.45. The van der Waals surface area contributed by atoms with Crippen molar-refractivity contribution < 1.29 is 33.4 Å². The zero-order chi connectivity index (χ0) is 22.1. The summed E-state index contributed by atoms with van der Waals surface area (Å²) in [4.78, 5) is 61.3. The number of amides is 5. The number of hydrogen-bond acceptors (Lipinski definition) is 7. The average molecular weight is 417 g/mol. The van der Waals surface area contributed by atoms with Crippen LogP contribution in [0.4, 0.5) is 4.79 Å². The van der Waals surface area contributed by atoms with Gasteiger partial charge in [0, 0.05) is 6.42 Å². The number of nitrogens with one attached hydrogen (secondary N) is 2. The van der Waals surface area contributed by atoms with Gasteiger partial charge < -0.3 is 14.8 Å². The van der Waals surface area contributed by atoms with Crippen LogP contribution in [-0.4, -0.2) is 59.4 Å². The Morgan fingerprint density at radius 2 is 1.87 bits per heavy atom. The molecule has 0 spiro atoms. The number of imide groups is 2. The summed E-state index contributed by atoms with van der Waals surface area (Å²) in [6.45, 7) is 5.57. The smallest absolute Gasteiger partial charge is 0.407 e. The fraction of sp³-hybridized carbons (Fsp3) is 0.450. The SMILES string of the molecule is CC(C)(C)OC(=O)NCCOc1ccc2c(c1)C(=O)N(C1CCC(=O)NC1=O)C2=O. The van der Waals surface area contributed by atoms with Crippen LogP contribution < -0.4 is 15.4 Å². The second kappa shape index (κ2) is 8.13. The lowest BCUT2D eigenvalue weighted by atomic mass is 10.0. The van der Waals surface area contributed by atoms with Crippen LogP contribution >= 0.6 is 0 Å². The minimum atomic E-state index is -1.02. The van der Waals surface area contributed by atoms with Crippen LogP contribution in [0.1, 0.15) is 54.3 Å². The number of piperidine rings is 1. The molecule has 2 N–H and O–H groups in total. The molecule has 10 nitrogen and oxygen atoms in total. The first kappa shape index (κ1) is 21.3. The Morgan fingerprint density at radius 3 is 2.53 bits per heavy atom. The molecule has 0 radical (unpaired) electrons. The Kier molecular flexibility index (Phi) is 5.77. The van der Waals surface area contributed by atoms with E-state index in [-0.39, 0.29) is 37.1 Å². The summed E-state index contributed by atoms with van der Waals surface area (Å²) in [5, 5.41) is 4.70. The van der Waals surface area contributed by atoms with Gasteiger partial charge in [0.05, 0.1) is 17.7 Å². The molecule has 1 saturated heterocycles. The standard InChI is InChI=1S/C20H23N3O7/c1-20(2,3)30-19(28)21-8-9-29-11-4-5-12-13(10-11)18(27)23(17(12)26)14-6-7-15(24)22-16(14)25/h4-5,10,14H,6-9H2,1-3H3,(H,21,28)(H,22,24,25). The normalized spacial score (nSPS) is 18.8. The maximum absolute atomic E-state index is 12.7. The van der Waals surface area contributed by atoms with E-state index in [4.69, 9.17) is 9.47 Å². The topological polar surface area (TPSA) is 131 Å². The Morgan fingerprint density at radius 1 is 1.17 bits per heavy atom. The molecule has 1 fully saturated rings. The van der Waals surface area contributed by atoms with Crippen molar-refractivity contribution in [2.45, 2.75) is 45.3 Å². The van der Waals surface area contributed by atoms with E-state index in [0.717, 1.165) is 4.90 Å². The van der Waals surface area contributed by atoms with Crippen LogP contribution in [0.25, 0.3) is 0 Å². The number of fused-ring (bicyclic) bond motifs is 1. The van der Waals surface area contributed by atoms with Crippen LogP contribution in [0.2, 0.25) is 0 Å². The highest BCUT2D eigenvalue weighted by Gasteiger charge is 2.44. The van der Waals surface area contributed by atoms with E-state index in [1.54, 1.807) is 20.8 Å². The summed E-state index contributed by atoms with van der Waals surface area (Å²) in [6, 6.07) is 3.40. The molecule has 0 bridgehead atoms. The number of rotatable bonds is 5. The van der Waals surface area contributed by atoms with Gasteiger partial charge in [-0.1, -0.05) is 0 Å². The molecule has 30 heavy (non-hydrogen) atoms. The van der Waals surface area contributed by atoms with Crippen LogP contribution in [-0.2, 0) is 14.3 Å². The van der Waals surface area contributed by atoms with Crippen LogP contribution in [0.5, 0.6) is 5.75 Å². The fourth-order valence-corrected chi connectivity index (χ4v) is 3.18. The molecule has 0 aliphatic carbocycles. The van der Waals surface area contributed by atoms with Crippen molar-refractivity contribution in [3.8, 4) is 5.75 Å². The Balaban J connectivity index is 1.61. The summed E-state index contributed by atoms with van der Waals surface area (Å²) < 4.78 is 10.6. The summed E-state index contributed by atoms with van der Waals surface area (Å²) in [5.74, 6) is -1.94. The van der Waals surface area contributed by atoms with Gasteiger partial charge in [-0.15, -0.1) is 0 Å². The molecule has 5 amide bonds. The molecule has 2 heterocycles. The maximum Gasteiger partial charge on any atom is 0.407 e. The fourth-order valence-electron chi connectivity index (χ4n) is 3.18. The van der Waals surface area contributed by atoms with Crippen LogP contribution in [0.15, 0.2) is 18.2 Å². The van der Waals surface area contributed by atoms with E-state index < -0.39 is 41.4 Å². The van der Waals surface area contributed by atoms with Gasteiger partial charge in [-0.3, -0.25) is 29.4 Å². The second-order valence-corrected chi connectivity index (χ2v) is 7.93. The number of nitrogens with zero attached hydrogens (tertiary/aromatic N) is 1. The van der Waals surface area contributed by atoms with Gasteiger partial charge in [0.2, 0.25) is 11.8 Å². The third kappa shape index (κ3) is 4.58. The number of benzene rings is 1. The lowest BCUT2D eigenvalue weighted by Crippen LogP contribution is -2.54. The molecule has 2 aliphatic heterocycles. The van der Waals surface area contributed by atoms with Gasteiger partial charge in [0.1, 0.15) is 24.0 Å². The molecule has 1 atom stereocenters. The molecule has 10 heteroatoms. The molecule has 2 aliphatic rings. The van der Waals surface area contributed by atoms with Gasteiger partial charge in [-0.2, -0.15) is 0 Å². The highest BCUT2D eigenvalue weighted by molar-refractivity contribution is 6.23. The predicted octanol–water partition coefficient (Wildman–Crippen LogP) is 0.991. The predicted molar refractivity (Wildman–Crippen MR) is 103 cm³/mol. The Hall–Kier alpha value is -3.43. The average Bonchev–Trinajstić information content (AvgIpc) is 2.88. The quantitative estimate of drug-likeness (QED) is 0.539. The zero-order valence-electron chi connectivity index (χ0n) is 16.9. The largest absolute Gasteiger partial charge is 0.492 e. The van der Waals surface area contributed by atoms with E-state index in [1.807, 2.05) is 0 Å². The van der Waals surface area contributed by atoms with E-state index in [2.05, 4.69) is 10.6 Å². The molecule has 0 aromatic heterocycles. The first-order valence-corrected chi connectivity index (χ1v) is 9.52. The molecule has 1 unspecified atom stereocenters.